The van der Waals surface area contributed by atoms with Gasteiger partial charge in [-0.3, -0.25) is 4.31 Å². The van der Waals surface area contributed by atoms with Crippen LogP contribution in [0.5, 0.6) is 0 Å². The molecule has 1 aliphatic heterocycles. The summed E-state index contributed by atoms with van der Waals surface area (Å²) in [5.41, 5.74) is 5.82. The van der Waals surface area contributed by atoms with E-state index in [0.29, 0.717) is 11.4 Å². The molecule has 0 saturated heterocycles. The molecule has 0 saturated carbocycles. The Morgan fingerprint density at radius 3 is 2.38 bits per heavy atom. The molecule has 26 heavy (non-hydrogen) atoms. The van der Waals surface area contributed by atoms with E-state index in [4.69, 9.17) is 0 Å². The van der Waals surface area contributed by atoms with Crippen molar-refractivity contribution >= 4 is 15.7 Å². The molecule has 0 fully saturated rings. The maximum Gasteiger partial charge on any atom is 0.264 e. The minimum absolute atomic E-state index is 0.00110. The van der Waals surface area contributed by atoms with E-state index in [9.17, 15) is 8.42 Å². The Labute approximate surface area is 157 Å². The fourth-order valence-corrected chi connectivity index (χ4v) is 5.86. The van der Waals surface area contributed by atoms with Crippen LogP contribution in [0.3, 0.4) is 0 Å². The SMILES string of the molecule is Cc1ccc(S(=O)(=O)N2CCC(C)(C)c3ccc4c(c32)CCCC4)cc1. The molecule has 138 valence electrons. The first kappa shape index (κ1) is 17.6. The van der Waals surface area contributed by atoms with E-state index in [-0.39, 0.29) is 5.41 Å². The van der Waals surface area contributed by atoms with Gasteiger partial charge in [-0.1, -0.05) is 43.7 Å². The van der Waals surface area contributed by atoms with E-state index < -0.39 is 10.0 Å². The zero-order chi connectivity index (χ0) is 18.5. The lowest BCUT2D eigenvalue weighted by Gasteiger charge is -2.42. The van der Waals surface area contributed by atoms with Crippen LogP contribution in [0.4, 0.5) is 5.69 Å². The standard InChI is InChI=1S/C22H27NO2S/c1-16-8-11-18(12-9-16)26(24,25)23-15-14-22(2,3)20-13-10-17-6-4-5-7-19(17)21(20)23/h8-13H,4-7,14-15H2,1-3H3. The number of aryl methyl sites for hydroxylation is 2. The molecule has 0 N–H and O–H groups in total. The highest BCUT2D eigenvalue weighted by atomic mass is 32.2. The largest absolute Gasteiger partial charge is 0.266 e. The van der Waals surface area contributed by atoms with Gasteiger partial charge in [0, 0.05) is 6.54 Å². The van der Waals surface area contributed by atoms with Gasteiger partial charge in [0.25, 0.3) is 10.0 Å². The maximum atomic E-state index is 13.5. The molecule has 0 unspecified atom stereocenters. The molecule has 0 aromatic heterocycles. The van der Waals surface area contributed by atoms with E-state index in [1.807, 2.05) is 19.1 Å². The van der Waals surface area contributed by atoms with E-state index >= 15 is 0 Å². The number of anilines is 1. The monoisotopic (exact) mass is 369 g/mol. The third-order valence-corrected chi connectivity index (χ3v) is 7.84. The topological polar surface area (TPSA) is 37.4 Å². The van der Waals surface area contributed by atoms with E-state index in [2.05, 4.69) is 26.0 Å². The van der Waals surface area contributed by atoms with Gasteiger partial charge < -0.3 is 0 Å². The summed E-state index contributed by atoms with van der Waals surface area (Å²) in [6.07, 6.45) is 5.21. The van der Waals surface area contributed by atoms with Crippen molar-refractivity contribution in [1.82, 2.24) is 0 Å². The molecule has 3 nitrogen and oxygen atoms in total. The lowest BCUT2D eigenvalue weighted by atomic mass is 9.75. The summed E-state index contributed by atoms with van der Waals surface area (Å²) >= 11 is 0. The van der Waals surface area contributed by atoms with Gasteiger partial charge in [0.15, 0.2) is 0 Å². The van der Waals surface area contributed by atoms with Crippen molar-refractivity contribution in [1.29, 1.82) is 0 Å². The van der Waals surface area contributed by atoms with Crippen LogP contribution in [0.25, 0.3) is 0 Å². The average molecular weight is 370 g/mol. The molecule has 4 rings (SSSR count). The van der Waals surface area contributed by atoms with Crippen molar-refractivity contribution in [3.8, 4) is 0 Å². The molecular weight excluding hydrogens is 342 g/mol. The summed E-state index contributed by atoms with van der Waals surface area (Å²) in [4.78, 5) is 0.391. The molecule has 2 aliphatic rings. The highest BCUT2D eigenvalue weighted by Gasteiger charge is 2.39. The molecule has 0 bridgehead atoms. The van der Waals surface area contributed by atoms with Crippen LogP contribution < -0.4 is 4.31 Å². The second kappa shape index (κ2) is 6.12. The van der Waals surface area contributed by atoms with Crippen LogP contribution in [-0.4, -0.2) is 15.0 Å². The van der Waals surface area contributed by atoms with Gasteiger partial charge >= 0.3 is 0 Å². The second-order valence-corrected chi connectivity index (χ2v) is 10.2. The molecule has 1 heterocycles. The Morgan fingerprint density at radius 2 is 1.65 bits per heavy atom. The molecular formula is C22H27NO2S. The van der Waals surface area contributed by atoms with Gasteiger partial charge in [0.2, 0.25) is 0 Å². The van der Waals surface area contributed by atoms with Crippen molar-refractivity contribution in [3.05, 3.63) is 58.7 Å². The zero-order valence-corrected chi connectivity index (χ0v) is 16.7. The van der Waals surface area contributed by atoms with Crippen molar-refractivity contribution in [2.45, 2.75) is 63.2 Å². The molecule has 0 amide bonds. The summed E-state index contributed by atoms with van der Waals surface area (Å²) in [6.45, 7) is 6.99. The maximum absolute atomic E-state index is 13.5. The Balaban J connectivity index is 1.91. The summed E-state index contributed by atoms with van der Waals surface area (Å²) in [6, 6.07) is 11.6. The van der Waals surface area contributed by atoms with E-state index in [0.717, 1.165) is 36.9 Å². The van der Waals surface area contributed by atoms with Crippen molar-refractivity contribution in [2.75, 3.05) is 10.8 Å². The van der Waals surface area contributed by atoms with E-state index in [1.54, 1.807) is 16.4 Å². The Morgan fingerprint density at radius 1 is 0.962 bits per heavy atom. The highest BCUT2D eigenvalue weighted by molar-refractivity contribution is 7.92. The summed E-state index contributed by atoms with van der Waals surface area (Å²) in [7, 11) is -3.54. The van der Waals surface area contributed by atoms with Crippen LogP contribution in [-0.2, 0) is 28.3 Å². The lowest BCUT2D eigenvalue weighted by molar-refractivity contribution is 0.465. The quantitative estimate of drug-likeness (QED) is 0.766. The smallest absolute Gasteiger partial charge is 0.264 e. The first-order valence-electron chi connectivity index (χ1n) is 9.55. The predicted octanol–water partition coefficient (Wildman–Crippen LogP) is 4.75. The summed E-state index contributed by atoms with van der Waals surface area (Å²) in [5.74, 6) is 0. The molecule has 2 aromatic carbocycles. The summed E-state index contributed by atoms with van der Waals surface area (Å²) < 4.78 is 28.7. The molecule has 2 aromatic rings. The molecule has 0 radical (unpaired) electrons. The number of fused-ring (bicyclic) bond motifs is 3. The molecule has 0 spiro atoms. The van der Waals surface area contributed by atoms with Gasteiger partial charge in [0.1, 0.15) is 0 Å². The van der Waals surface area contributed by atoms with Gasteiger partial charge in [-0.25, -0.2) is 8.42 Å². The fourth-order valence-electron chi connectivity index (χ4n) is 4.34. The van der Waals surface area contributed by atoms with E-state index in [1.165, 1.54) is 23.1 Å². The third-order valence-electron chi connectivity index (χ3n) is 6.03. The highest BCUT2D eigenvalue weighted by Crippen LogP contribution is 2.46. The number of nitrogens with zero attached hydrogens (tertiary/aromatic N) is 1. The van der Waals surface area contributed by atoms with Crippen LogP contribution in [0.1, 0.15) is 55.4 Å². The molecule has 0 atom stereocenters. The van der Waals surface area contributed by atoms with Gasteiger partial charge in [-0.2, -0.15) is 0 Å². The van der Waals surface area contributed by atoms with Gasteiger partial charge in [0.05, 0.1) is 10.6 Å². The molecule has 4 heteroatoms. The lowest BCUT2D eigenvalue weighted by Crippen LogP contribution is -2.42. The first-order chi connectivity index (χ1) is 12.3. The Bertz CT molecular complexity index is 943. The number of sulfonamides is 1. The van der Waals surface area contributed by atoms with Crippen LogP contribution >= 0.6 is 0 Å². The van der Waals surface area contributed by atoms with Crippen molar-refractivity contribution in [2.24, 2.45) is 0 Å². The Hall–Kier alpha value is -1.81. The number of hydrogen-bond acceptors (Lipinski definition) is 2. The predicted molar refractivity (Wildman–Crippen MR) is 106 cm³/mol. The van der Waals surface area contributed by atoms with Crippen LogP contribution in [0.2, 0.25) is 0 Å². The average Bonchev–Trinajstić information content (AvgIpc) is 2.61. The van der Waals surface area contributed by atoms with Gasteiger partial charge in [-0.05, 0) is 73.3 Å². The zero-order valence-electron chi connectivity index (χ0n) is 15.9. The normalized spacial score (nSPS) is 19.0. The molecule has 1 aliphatic carbocycles. The van der Waals surface area contributed by atoms with Crippen molar-refractivity contribution < 1.29 is 8.42 Å². The van der Waals surface area contributed by atoms with Crippen LogP contribution in [0.15, 0.2) is 41.3 Å². The van der Waals surface area contributed by atoms with Crippen molar-refractivity contribution in [3.63, 3.8) is 0 Å². The second-order valence-electron chi connectivity index (χ2n) is 8.33. The number of benzene rings is 2. The third kappa shape index (κ3) is 2.75. The fraction of sp³-hybridized carbons (Fsp3) is 0.455. The van der Waals surface area contributed by atoms with Crippen LogP contribution in [0, 0.1) is 6.92 Å². The number of rotatable bonds is 2. The minimum Gasteiger partial charge on any atom is -0.266 e. The minimum atomic E-state index is -3.54. The first-order valence-corrected chi connectivity index (χ1v) is 11.0. The Kier molecular flexibility index (Phi) is 4.14. The van der Waals surface area contributed by atoms with Gasteiger partial charge in [-0.15, -0.1) is 0 Å². The number of hydrogen-bond donors (Lipinski definition) is 0. The summed E-state index contributed by atoms with van der Waals surface area (Å²) in [5, 5.41) is 0.